The molecule has 0 fully saturated rings. The van der Waals surface area contributed by atoms with Gasteiger partial charge in [-0.2, -0.15) is 0 Å². The molecule has 19 heavy (non-hydrogen) atoms. The summed E-state index contributed by atoms with van der Waals surface area (Å²) in [6.45, 7) is 2.76. The third-order valence-corrected chi connectivity index (χ3v) is 2.97. The van der Waals surface area contributed by atoms with Gasteiger partial charge < -0.3 is 15.8 Å². The Morgan fingerprint density at radius 2 is 1.95 bits per heavy atom. The van der Waals surface area contributed by atoms with Gasteiger partial charge in [-0.1, -0.05) is 18.2 Å². The molecule has 0 aromatic heterocycles. The molecule has 0 saturated heterocycles. The Labute approximate surface area is 114 Å². The molecule has 3 N–H and O–H groups in total. The van der Waals surface area contributed by atoms with Crippen LogP contribution in [-0.2, 0) is 11.2 Å². The quantitative estimate of drug-likeness (QED) is 0.805. The number of rotatable bonds is 5. The van der Waals surface area contributed by atoms with Crippen LogP contribution in [0.15, 0.2) is 42.5 Å². The van der Waals surface area contributed by atoms with Gasteiger partial charge in [0.2, 0.25) is 0 Å². The number of nitrogen functional groups attached to an aromatic ring is 1. The zero-order valence-corrected chi connectivity index (χ0v) is 11.4. The number of hydrogen-bond donors (Lipinski definition) is 2. The molecule has 0 saturated carbocycles. The van der Waals surface area contributed by atoms with E-state index in [-0.39, 0.29) is 0 Å². The standard InChI is InChI=1S/C16H20N2O/c1-12-9-14(17)11-15(10-12)18-16-6-4-3-5-13(16)7-8-19-2/h3-6,9-11,18H,7-8,17H2,1-2H3. The van der Waals surface area contributed by atoms with Crippen LogP contribution in [0.3, 0.4) is 0 Å². The molecule has 2 rings (SSSR count). The first-order chi connectivity index (χ1) is 9.19. The fourth-order valence-electron chi connectivity index (χ4n) is 2.11. The van der Waals surface area contributed by atoms with E-state index in [2.05, 4.69) is 23.5 Å². The first-order valence-electron chi connectivity index (χ1n) is 6.40. The molecule has 0 aliphatic carbocycles. The summed E-state index contributed by atoms with van der Waals surface area (Å²) in [7, 11) is 1.72. The molecule has 3 heteroatoms. The Morgan fingerprint density at radius 3 is 2.68 bits per heavy atom. The minimum atomic E-state index is 0.717. The molecule has 100 valence electrons. The number of methoxy groups -OCH3 is 1. The van der Waals surface area contributed by atoms with Crippen LogP contribution in [0.4, 0.5) is 17.1 Å². The summed E-state index contributed by atoms with van der Waals surface area (Å²) in [6.07, 6.45) is 0.890. The van der Waals surface area contributed by atoms with Gasteiger partial charge in [-0.25, -0.2) is 0 Å². The molecule has 0 unspecified atom stereocenters. The van der Waals surface area contributed by atoms with Gasteiger partial charge in [0, 0.05) is 24.2 Å². The van der Waals surface area contributed by atoms with Gasteiger partial charge >= 0.3 is 0 Å². The molecule has 2 aromatic carbocycles. The van der Waals surface area contributed by atoms with Crippen LogP contribution in [0.25, 0.3) is 0 Å². The Morgan fingerprint density at radius 1 is 1.16 bits per heavy atom. The van der Waals surface area contributed by atoms with Gasteiger partial charge in [0.15, 0.2) is 0 Å². The van der Waals surface area contributed by atoms with E-state index in [0.29, 0.717) is 6.61 Å². The fourth-order valence-corrected chi connectivity index (χ4v) is 2.11. The molecule has 3 nitrogen and oxygen atoms in total. The van der Waals surface area contributed by atoms with E-state index >= 15 is 0 Å². The number of nitrogens with two attached hydrogens (primary N) is 1. The SMILES string of the molecule is COCCc1ccccc1Nc1cc(C)cc(N)c1. The zero-order chi connectivity index (χ0) is 13.7. The highest BCUT2D eigenvalue weighted by atomic mass is 16.5. The summed E-state index contributed by atoms with van der Waals surface area (Å²) < 4.78 is 5.14. The highest BCUT2D eigenvalue weighted by Crippen LogP contribution is 2.24. The minimum absolute atomic E-state index is 0.717. The molecule has 0 bridgehead atoms. The Kier molecular flexibility index (Phi) is 4.42. The molecule has 0 spiro atoms. The number of anilines is 3. The van der Waals surface area contributed by atoms with Gasteiger partial charge in [0.1, 0.15) is 0 Å². The predicted octanol–water partition coefficient (Wildman–Crippen LogP) is 3.51. The molecule has 0 aliphatic heterocycles. The highest BCUT2D eigenvalue weighted by molar-refractivity contribution is 5.67. The largest absolute Gasteiger partial charge is 0.399 e. The Bertz CT molecular complexity index is 532. The Hall–Kier alpha value is -2.00. The number of para-hydroxylation sites is 1. The van der Waals surface area contributed by atoms with Crippen molar-refractivity contribution < 1.29 is 4.74 Å². The second-order valence-electron chi connectivity index (χ2n) is 4.66. The number of hydrogen-bond acceptors (Lipinski definition) is 3. The highest BCUT2D eigenvalue weighted by Gasteiger charge is 2.03. The average molecular weight is 256 g/mol. The predicted molar refractivity (Wildman–Crippen MR) is 80.9 cm³/mol. The third-order valence-electron chi connectivity index (χ3n) is 2.97. The summed E-state index contributed by atoms with van der Waals surface area (Å²) in [5.41, 5.74) is 11.2. The van der Waals surface area contributed by atoms with E-state index < -0.39 is 0 Å². The summed E-state index contributed by atoms with van der Waals surface area (Å²) >= 11 is 0. The number of benzene rings is 2. The van der Waals surface area contributed by atoms with Crippen molar-refractivity contribution in [3.05, 3.63) is 53.6 Å². The molecular formula is C16H20N2O. The molecule has 0 amide bonds. The molecule has 0 atom stereocenters. The maximum atomic E-state index is 5.87. The van der Waals surface area contributed by atoms with E-state index in [1.165, 1.54) is 5.56 Å². The van der Waals surface area contributed by atoms with E-state index in [9.17, 15) is 0 Å². The number of aryl methyl sites for hydroxylation is 1. The zero-order valence-electron chi connectivity index (χ0n) is 11.4. The topological polar surface area (TPSA) is 47.3 Å². The smallest absolute Gasteiger partial charge is 0.0503 e. The summed E-state index contributed by atoms with van der Waals surface area (Å²) in [4.78, 5) is 0. The average Bonchev–Trinajstić information content (AvgIpc) is 2.36. The summed E-state index contributed by atoms with van der Waals surface area (Å²) in [5, 5.41) is 3.43. The van der Waals surface area contributed by atoms with Crippen LogP contribution in [-0.4, -0.2) is 13.7 Å². The van der Waals surface area contributed by atoms with Crippen LogP contribution < -0.4 is 11.1 Å². The van der Waals surface area contributed by atoms with E-state index in [0.717, 1.165) is 29.0 Å². The lowest BCUT2D eigenvalue weighted by Crippen LogP contribution is -2.00. The second-order valence-corrected chi connectivity index (χ2v) is 4.66. The van der Waals surface area contributed by atoms with Crippen molar-refractivity contribution in [3.63, 3.8) is 0 Å². The van der Waals surface area contributed by atoms with Gasteiger partial charge in [-0.15, -0.1) is 0 Å². The molecule has 2 aromatic rings. The lowest BCUT2D eigenvalue weighted by Gasteiger charge is -2.13. The van der Waals surface area contributed by atoms with Crippen molar-refractivity contribution in [2.45, 2.75) is 13.3 Å². The lowest BCUT2D eigenvalue weighted by atomic mass is 10.1. The van der Waals surface area contributed by atoms with E-state index in [4.69, 9.17) is 10.5 Å². The molecule has 0 aliphatic rings. The molecule has 0 radical (unpaired) electrons. The van der Waals surface area contributed by atoms with Gasteiger partial charge in [0.05, 0.1) is 6.61 Å². The first-order valence-corrected chi connectivity index (χ1v) is 6.40. The maximum absolute atomic E-state index is 5.87. The minimum Gasteiger partial charge on any atom is -0.399 e. The van der Waals surface area contributed by atoms with E-state index in [1.54, 1.807) is 7.11 Å². The number of nitrogens with one attached hydrogen (secondary N) is 1. The summed E-state index contributed by atoms with van der Waals surface area (Å²) in [6, 6.07) is 14.2. The number of ether oxygens (including phenoxy) is 1. The summed E-state index contributed by atoms with van der Waals surface area (Å²) in [5.74, 6) is 0. The van der Waals surface area contributed by atoms with Gasteiger partial charge in [0.25, 0.3) is 0 Å². The van der Waals surface area contributed by atoms with Crippen molar-refractivity contribution in [2.24, 2.45) is 0 Å². The van der Waals surface area contributed by atoms with Crippen LogP contribution in [0.1, 0.15) is 11.1 Å². The van der Waals surface area contributed by atoms with Crippen molar-refractivity contribution in [3.8, 4) is 0 Å². The van der Waals surface area contributed by atoms with Gasteiger partial charge in [-0.05, 0) is 48.7 Å². The second kappa shape index (κ2) is 6.25. The molecule has 0 heterocycles. The van der Waals surface area contributed by atoms with Crippen LogP contribution in [0.2, 0.25) is 0 Å². The maximum Gasteiger partial charge on any atom is 0.0503 e. The first kappa shape index (κ1) is 13.4. The van der Waals surface area contributed by atoms with E-state index in [1.807, 2.05) is 31.2 Å². The van der Waals surface area contributed by atoms with Crippen molar-refractivity contribution in [1.82, 2.24) is 0 Å². The van der Waals surface area contributed by atoms with Crippen molar-refractivity contribution in [2.75, 3.05) is 24.8 Å². The van der Waals surface area contributed by atoms with Crippen LogP contribution >= 0.6 is 0 Å². The fraction of sp³-hybridized carbons (Fsp3) is 0.250. The van der Waals surface area contributed by atoms with Gasteiger partial charge in [-0.3, -0.25) is 0 Å². The van der Waals surface area contributed by atoms with Crippen LogP contribution in [0.5, 0.6) is 0 Å². The van der Waals surface area contributed by atoms with Crippen molar-refractivity contribution >= 4 is 17.1 Å². The normalized spacial score (nSPS) is 10.4. The lowest BCUT2D eigenvalue weighted by molar-refractivity contribution is 0.202. The third kappa shape index (κ3) is 3.73. The van der Waals surface area contributed by atoms with Crippen molar-refractivity contribution in [1.29, 1.82) is 0 Å². The van der Waals surface area contributed by atoms with Crippen LogP contribution in [0, 0.1) is 6.92 Å². The Balaban J connectivity index is 2.22. The monoisotopic (exact) mass is 256 g/mol. The molecular weight excluding hydrogens is 236 g/mol.